The molecule has 1 nitrogen and oxygen atoms in total. The van der Waals surface area contributed by atoms with Gasteiger partial charge < -0.3 is 4.90 Å². The van der Waals surface area contributed by atoms with Crippen molar-refractivity contribution >= 4 is 5.69 Å². The second-order valence-electron chi connectivity index (χ2n) is 2.04. The van der Waals surface area contributed by atoms with Crippen molar-refractivity contribution in [2.45, 2.75) is 0 Å². The van der Waals surface area contributed by atoms with Crippen molar-refractivity contribution in [3.8, 4) is 0 Å². The summed E-state index contributed by atoms with van der Waals surface area (Å²) in [6.07, 6.45) is 0. The molecule has 0 unspecified atom stereocenters. The molecule has 0 aliphatic heterocycles. The van der Waals surface area contributed by atoms with Gasteiger partial charge in [-0.15, -0.1) is 0 Å². The third-order valence-corrected chi connectivity index (χ3v) is 1.16. The monoisotopic (exact) mass is 115 g/mol. The molecule has 0 spiro atoms. The summed E-state index contributed by atoms with van der Waals surface area (Å²) in [7, 11) is 4.07. The van der Waals surface area contributed by atoms with Crippen LogP contribution in [0.25, 0.3) is 0 Å². The number of nitrogens with zero attached hydrogens (tertiary/aromatic N) is 1. The summed E-state index contributed by atoms with van der Waals surface area (Å²) >= 11 is 0. The van der Waals surface area contributed by atoms with Crippen molar-refractivity contribution in [3.63, 3.8) is 0 Å². The molecule has 0 radical (unpaired) electrons. The predicted molar refractivity (Wildman–Crippen MR) is 36.4 cm³/mol. The van der Waals surface area contributed by atoms with Gasteiger partial charge in [0, 0.05) is 0 Å². The van der Waals surface area contributed by atoms with Gasteiger partial charge in [0.2, 0.25) is 0 Å². The van der Waals surface area contributed by atoms with Gasteiger partial charge in [0.1, 0.15) is 0 Å². The minimum absolute atomic E-state index is 0. The molecule has 0 saturated carbocycles. The van der Waals surface area contributed by atoms with E-state index in [0.29, 0.717) is 0 Å². The fourth-order valence-electron chi connectivity index (χ4n) is 0.662. The second kappa shape index (κ2) is 3.71. The molecule has 0 aliphatic rings. The Morgan fingerprint density at radius 2 is 1.56 bits per heavy atom. The molecule has 0 aromatic heterocycles. The molecule has 0 fully saturated rings. The molecule has 44 valence electrons. The van der Waals surface area contributed by atoms with E-state index in [4.69, 9.17) is 0 Å². The van der Waals surface area contributed by atoms with Crippen LogP contribution in [0.15, 0.2) is 24.3 Å². The van der Waals surface area contributed by atoms with E-state index in [9.17, 15) is 0 Å². The van der Waals surface area contributed by atoms with Crippen LogP contribution in [-0.4, -0.2) is 14.1 Å². The minimum Gasteiger partial charge on any atom is -0.429 e. The number of anilines is 1. The van der Waals surface area contributed by atoms with Crippen LogP contribution < -0.4 is 23.8 Å². The Morgan fingerprint density at radius 1 is 1.11 bits per heavy atom. The standard InChI is InChI=1S/C7H10N.Li/c1-8(2)7-5-3-4-6-7;/h3-6H,1-2H3;/q-1;+1. The van der Waals surface area contributed by atoms with Crippen LogP contribution in [0.3, 0.4) is 0 Å². The quantitative estimate of drug-likeness (QED) is 0.317. The Kier molecular flexibility index (Phi) is 3.61. The summed E-state index contributed by atoms with van der Waals surface area (Å²) in [4.78, 5) is 2.08. The summed E-state index contributed by atoms with van der Waals surface area (Å²) in [5.41, 5.74) is 1.27. The molecule has 0 N–H and O–H groups in total. The van der Waals surface area contributed by atoms with Crippen LogP contribution >= 0.6 is 0 Å². The van der Waals surface area contributed by atoms with Crippen LogP contribution in [0, 0.1) is 0 Å². The number of hydrogen-bond donors (Lipinski definition) is 0. The van der Waals surface area contributed by atoms with E-state index in [0.717, 1.165) is 0 Å². The maximum Gasteiger partial charge on any atom is 1.00 e. The Balaban J connectivity index is 0.000000640. The maximum absolute atomic E-state index is 2.08. The first-order valence-corrected chi connectivity index (χ1v) is 2.70. The van der Waals surface area contributed by atoms with Gasteiger partial charge in [-0.1, -0.05) is 5.69 Å². The fraction of sp³-hybridized carbons (Fsp3) is 0.286. The van der Waals surface area contributed by atoms with E-state index in [1.807, 2.05) is 26.2 Å². The largest absolute Gasteiger partial charge is 1.00 e. The normalized spacial score (nSPS) is 8.22. The van der Waals surface area contributed by atoms with E-state index in [1.165, 1.54) is 5.69 Å². The van der Waals surface area contributed by atoms with Gasteiger partial charge in [0.15, 0.2) is 0 Å². The van der Waals surface area contributed by atoms with E-state index in [-0.39, 0.29) is 18.9 Å². The van der Waals surface area contributed by atoms with E-state index in [1.54, 1.807) is 0 Å². The molecular formula is C7H10LiN. The molecule has 0 atom stereocenters. The van der Waals surface area contributed by atoms with Crippen LogP contribution in [-0.2, 0) is 0 Å². The van der Waals surface area contributed by atoms with E-state index in [2.05, 4.69) is 17.0 Å². The number of rotatable bonds is 1. The second-order valence-corrected chi connectivity index (χ2v) is 2.04. The molecule has 0 bridgehead atoms. The van der Waals surface area contributed by atoms with Gasteiger partial charge in [-0.25, -0.2) is 12.1 Å². The van der Waals surface area contributed by atoms with Crippen molar-refractivity contribution < 1.29 is 18.9 Å². The molecule has 0 heterocycles. The van der Waals surface area contributed by atoms with Gasteiger partial charge >= 0.3 is 18.9 Å². The Labute approximate surface area is 68.2 Å². The van der Waals surface area contributed by atoms with E-state index < -0.39 is 0 Å². The molecule has 1 aromatic rings. The smallest absolute Gasteiger partial charge is 0.429 e. The molecule has 2 heteroatoms. The molecule has 0 amide bonds. The zero-order valence-electron chi connectivity index (χ0n) is 6.26. The molecule has 0 aliphatic carbocycles. The first kappa shape index (κ1) is 8.75. The Bertz CT molecular complexity index is 144. The zero-order valence-corrected chi connectivity index (χ0v) is 6.26. The molecule has 0 saturated heterocycles. The van der Waals surface area contributed by atoms with Crippen molar-refractivity contribution in [3.05, 3.63) is 24.3 Å². The predicted octanol–water partition coefficient (Wildman–Crippen LogP) is -1.52. The topological polar surface area (TPSA) is 3.24 Å². The van der Waals surface area contributed by atoms with Crippen LogP contribution in [0.4, 0.5) is 5.69 Å². The van der Waals surface area contributed by atoms with Crippen molar-refractivity contribution in [2.24, 2.45) is 0 Å². The van der Waals surface area contributed by atoms with Crippen LogP contribution in [0.2, 0.25) is 0 Å². The molecule has 9 heavy (non-hydrogen) atoms. The van der Waals surface area contributed by atoms with Gasteiger partial charge in [0.25, 0.3) is 0 Å². The minimum atomic E-state index is 0. The van der Waals surface area contributed by atoms with Gasteiger partial charge in [-0.05, 0) is 14.1 Å². The molecule has 1 rings (SSSR count). The van der Waals surface area contributed by atoms with Crippen molar-refractivity contribution in [2.75, 3.05) is 19.0 Å². The maximum atomic E-state index is 2.08. The summed E-state index contributed by atoms with van der Waals surface area (Å²) in [6, 6.07) is 8.24. The van der Waals surface area contributed by atoms with Crippen LogP contribution in [0.5, 0.6) is 0 Å². The van der Waals surface area contributed by atoms with Gasteiger partial charge in [-0.3, -0.25) is 0 Å². The zero-order chi connectivity index (χ0) is 5.98. The Hall–Kier alpha value is -0.253. The van der Waals surface area contributed by atoms with Crippen molar-refractivity contribution in [1.82, 2.24) is 0 Å². The van der Waals surface area contributed by atoms with E-state index >= 15 is 0 Å². The summed E-state index contributed by atoms with van der Waals surface area (Å²) in [5.74, 6) is 0. The first-order valence-electron chi connectivity index (χ1n) is 2.70. The number of hydrogen-bond acceptors (Lipinski definition) is 1. The summed E-state index contributed by atoms with van der Waals surface area (Å²) in [6.45, 7) is 0. The summed E-state index contributed by atoms with van der Waals surface area (Å²) < 4.78 is 0. The average Bonchev–Trinajstić information content (AvgIpc) is 2.12. The van der Waals surface area contributed by atoms with Gasteiger partial charge in [0.05, 0.1) is 0 Å². The third-order valence-electron chi connectivity index (χ3n) is 1.16. The van der Waals surface area contributed by atoms with Gasteiger partial charge in [-0.2, -0.15) is 12.1 Å². The fourth-order valence-corrected chi connectivity index (χ4v) is 0.662. The first-order chi connectivity index (χ1) is 3.80. The molecular weight excluding hydrogens is 105 g/mol. The summed E-state index contributed by atoms with van der Waals surface area (Å²) in [5, 5.41) is 0. The average molecular weight is 115 g/mol. The van der Waals surface area contributed by atoms with Crippen LogP contribution in [0.1, 0.15) is 0 Å². The third kappa shape index (κ3) is 2.22. The molecule has 1 aromatic carbocycles. The SMILES string of the molecule is CN(C)[c-]1cccc1.[Li+]. The Morgan fingerprint density at radius 3 is 1.78 bits per heavy atom. The van der Waals surface area contributed by atoms with Crippen molar-refractivity contribution in [1.29, 1.82) is 0 Å².